The molecule has 0 atom stereocenters. The van der Waals surface area contributed by atoms with E-state index in [0.29, 0.717) is 23.2 Å². The Balaban J connectivity index is 0.000000522. The molecule has 3 rings (SSSR count). The van der Waals surface area contributed by atoms with Crippen molar-refractivity contribution < 1.29 is 50.9 Å². The van der Waals surface area contributed by atoms with Crippen molar-refractivity contribution in [2.24, 2.45) is 11.5 Å². The van der Waals surface area contributed by atoms with Crippen molar-refractivity contribution in [1.29, 1.82) is 10.8 Å². The molecule has 0 aliphatic heterocycles. The molecule has 0 unspecified atom stereocenters. The number of amides is 1. The van der Waals surface area contributed by atoms with Crippen LogP contribution in [0, 0.1) is 10.8 Å². The zero-order valence-corrected chi connectivity index (χ0v) is 21.2. The number of carbonyl (C=O) groups excluding carboxylic acids is 1. The number of nitrogens with one attached hydrogen (secondary N) is 3. The summed E-state index contributed by atoms with van der Waals surface area (Å²) in [7, 11) is 0. The fraction of sp³-hybridized carbons (Fsp3) is 0.115. The molecule has 9 N–H and O–H groups in total. The Bertz CT molecular complexity index is 1420. The minimum absolute atomic E-state index is 0.00497. The molecular formula is C26H23F6N5O5. The quantitative estimate of drug-likeness (QED) is 0.125. The third kappa shape index (κ3) is 11.4. The minimum Gasteiger partial charge on any atom is -0.475 e. The van der Waals surface area contributed by atoms with Gasteiger partial charge in [0.2, 0.25) is 0 Å². The minimum atomic E-state index is -5.08. The summed E-state index contributed by atoms with van der Waals surface area (Å²) in [6.07, 6.45) is -10.2. The summed E-state index contributed by atoms with van der Waals surface area (Å²) in [6.45, 7) is 0.331. The van der Waals surface area contributed by atoms with E-state index in [2.05, 4.69) is 5.32 Å². The average Bonchev–Trinajstić information content (AvgIpc) is 2.91. The molecule has 1 amide bonds. The number of carboxylic acids is 2. The summed E-state index contributed by atoms with van der Waals surface area (Å²) in [5.74, 6) is -5.71. The number of aliphatic carboxylic acids is 2. The van der Waals surface area contributed by atoms with Crippen molar-refractivity contribution in [2.75, 3.05) is 0 Å². The van der Waals surface area contributed by atoms with Gasteiger partial charge in [0.05, 0.1) is 0 Å². The van der Waals surface area contributed by atoms with E-state index in [1.165, 1.54) is 0 Å². The lowest BCUT2D eigenvalue weighted by Gasteiger charge is -2.11. The van der Waals surface area contributed by atoms with Gasteiger partial charge in [-0.1, -0.05) is 60.7 Å². The van der Waals surface area contributed by atoms with Crippen molar-refractivity contribution in [1.82, 2.24) is 5.32 Å². The van der Waals surface area contributed by atoms with Crippen molar-refractivity contribution in [3.05, 3.63) is 95.1 Å². The van der Waals surface area contributed by atoms with Gasteiger partial charge in [-0.05, 0) is 28.8 Å². The number of amidine groups is 2. The van der Waals surface area contributed by atoms with Crippen LogP contribution in [0.25, 0.3) is 11.1 Å². The number of halogens is 6. The first-order chi connectivity index (χ1) is 19.3. The van der Waals surface area contributed by atoms with Gasteiger partial charge >= 0.3 is 24.3 Å². The second kappa shape index (κ2) is 14.8. The largest absolute Gasteiger partial charge is 0.490 e. The van der Waals surface area contributed by atoms with Gasteiger partial charge in [0.1, 0.15) is 11.7 Å². The highest BCUT2D eigenvalue weighted by molar-refractivity contribution is 6.01. The van der Waals surface area contributed by atoms with Gasteiger partial charge in [0.25, 0.3) is 5.91 Å². The lowest BCUT2D eigenvalue weighted by Crippen LogP contribution is -2.23. The summed E-state index contributed by atoms with van der Waals surface area (Å²) in [5, 5.41) is 32.2. The van der Waals surface area contributed by atoms with Gasteiger partial charge < -0.3 is 27.0 Å². The number of carbonyl (C=O) groups is 3. The van der Waals surface area contributed by atoms with Gasteiger partial charge in [-0.25, -0.2) is 9.59 Å². The Hall–Kier alpha value is -5.41. The smallest absolute Gasteiger partial charge is 0.475 e. The van der Waals surface area contributed by atoms with Crippen molar-refractivity contribution in [3.63, 3.8) is 0 Å². The van der Waals surface area contributed by atoms with Crippen LogP contribution in [0.4, 0.5) is 26.3 Å². The van der Waals surface area contributed by atoms with Crippen LogP contribution in [-0.2, 0) is 16.1 Å². The second-order valence-electron chi connectivity index (χ2n) is 7.94. The average molecular weight is 599 g/mol. The van der Waals surface area contributed by atoms with Gasteiger partial charge in [0, 0.05) is 23.2 Å². The maximum Gasteiger partial charge on any atom is 0.490 e. The molecule has 0 aliphatic rings. The SMILES string of the molecule is N=C(N)c1ccc(-c2ccccc2C(=O)NCc2cccc(C(=N)N)c2)cc1.O=C(O)C(F)(F)F.O=C(O)C(F)(F)F. The highest BCUT2D eigenvalue weighted by Crippen LogP contribution is 2.24. The zero-order chi connectivity index (χ0) is 32.3. The lowest BCUT2D eigenvalue weighted by molar-refractivity contribution is -0.193. The summed E-state index contributed by atoms with van der Waals surface area (Å²) >= 11 is 0. The first-order valence-electron chi connectivity index (χ1n) is 11.2. The van der Waals surface area contributed by atoms with Gasteiger partial charge in [-0.3, -0.25) is 15.6 Å². The van der Waals surface area contributed by atoms with Crippen molar-refractivity contribution in [3.8, 4) is 11.1 Å². The number of alkyl halides is 6. The molecule has 3 aromatic carbocycles. The third-order valence-corrected chi connectivity index (χ3v) is 4.85. The number of hydrogen-bond acceptors (Lipinski definition) is 5. The topological polar surface area (TPSA) is 203 Å². The molecule has 0 aromatic heterocycles. The fourth-order valence-corrected chi connectivity index (χ4v) is 2.89. The van der Waals surface area contributed by atoms with Crippen LogP contribution < -0.4 is 16.8 Å². The standard InChI is InChI=1S/C22H21N5O.2C2HF3O2/c23-20(24)16-10-8-15(9-11-16)18-6-1-2-7-19(18)22(28)27-13-14-4-3-5-17(12-14)21(25)26;2*3-2(4,5)1(6)7/h1-12H,13H2,(H3,23,24)(H3,25,26)(H,27,28);2*(H,6,7). The number of carboxylic acid groups (broad SMARTS) is 2. The van der Waals surface area contributed by atoms with Gasteiger partial charge in [0.15, 0.2) is 0 Å². The van der Waals surface area contributed by atoms with Crippen LogP contribution in [0.5, 0.6) is 0 Å². The van der Waals surface area contributed by atoms with Crippen LogP contribution in [-0.4, -0.2) is 52.1 Å². The van der Waals surface area contributed by atoms with Crippen LogP contribution >= 0.6 is 0 Å². The van der Waals surface area contributed by atoms with Crippen molar-refractivity contribution in [2.45, 2.75) is 18.9 Å². The highest BCUT2D eigenvalue weighted by atomic mass is 19.4. The maximum atomic E-state index is 12.8. The highest BCUT2D eigenvalue weighted by Gasteiger charge is 2.38. The molecule has 0 radical (unpaired) electrons. The molecule has 0 saturated carbocycles. The summed E-state index contributed by atoms with van der Waals surface area (Å²) < 4.78 is 63.5. The van der Waals surface area contributed by atoms with E-state index in [-0.39, 0.29) is 17.6 Å². The van der Waals surface area contributed by atoms with E-state index in [4.69, 9.17) is 42.1 Å². The Morgan fingerprint density at radius 2 is 1.19 bits per heavy atom. The van der Waals surface area contributed by atoms with Gasteiger partial charge in [-0.15, -0.1) is 0 Å². The molecule has 16 heteroatoms. The number of nitrogens with two attached hydrogens (primary N) is 2. The molecule has 0 fully saturated rings. The molecule has 0 heterocycles. The van der Waals surface area contributed by atoms with Crippen LogP contribution in [0.15, 0.2) is 72.8 Å². The monoisotopic (exact) mass is 599 g/mol. The van der Waals surface area contributed by atoms with Crippen LogP contribution in [0.1, 0.15) is 27.0 Å². The molecular weight excluding hydrogens is 576 g/mol. The van der Waals surface area contributed by atoms with Crippen molar-refractivity contribution >= 4 is 29.5 Å². The third-order valence-electron chi connectivity index (χ3n) is 4.85. The first-order valence-corrected chi connectivity index (χ1v) is 11.2. The normalized spacial score (nSPS) is 10.6. The van der Waals surface area contributed by atoms with E-state index in [1.54, 1.807) is 30.3 Å². The van der Waals surface area contributed by atoms with Crippen LogP contribution in [0.2, 0.25) is 0 Å². The Morgan fingerprint density at radius 3 is 1.64 bits per heavy atom. The molecule has 0 aliphatic carbocycles. The van der Waals surface area contributed by atoms with E-state index in [9.17, 15) is 31.1 Å². The zero-order valence-electron chi connectivity index (χ0n) is 21.2. The van der Waals surface area contributed by atoms with Crippen LogP contribution in [0.3, 0.4) is 0 Å². The summed E-state index contributed by atoms with van der Waals surface area (Å²) in [6, 6.07) is 21.8. The first kappa shape index (κ1) is 34.6. The van der Waals surface area contributed by atoms with E-state index in [0.717, 1.165) is 16.7 Å². The maximum absolute atomic E-state index is 12.8. The fourth-order valence-electron chi connectivity index (χ4n) is 2.89. The van der Waals surface area contributed by atoms with E-state index in [1.807, 2.05) is 42.5 Å². The molecule has 10 nitrogen and oxygen atoms in total. The van der Waals surface area contributed by atoms with Gasteiger partial charge in [-0.2, -0.15) is 26.3 Å². The Kier molecular flexibility index (Phi) is 12.2. The molecule has 0 spiro atoms. The molecule has 0 saturated heterocycles. The number of rotatable bonds is 6. The van der Waals surface area contributed by atoms with E-state index >= 15 is 0 Å². The summed E-state index contributed by atoms with van der Waals surface area (Å²) in [5.41, 5.74) is 15.4. The predicted molar refractivity (Wildman–Crippen MR) is 139 cm³/mol. The lowest BCUT2D eigenvalue weighted by atomic mass is 9.98. The summed E-state index contributed by atoms with van der Waals surface area (Å²) in [4.78, 5) is 30.6. The number of hydrogen-bond donors (Lipinski definition) is 7. The number of benzene rings is 3. The second-order valence-corrected chi connectivity index (χ2v) is 7.94. The molecule has 224 valence electrons. The Labute approximate surface area is 233 Å². The molecule has 3 aromatic rings. The predicted octanol–water partition coefficient (Wildman–Crippen LogP) is 4.12. The number of nitrogen functional groups attached to an aromatic ring is 2. The van der Waals surface area contributed by atoms with E-state index < -0.39 is 24.3 Å². The molecule has 42 heavy (non-hydrogen) atoms. The Morgan fingerprint density at radius 1 is 0.714 bits per heavy atom. The molecule has 0 bridgehead atoms.